The number of rotatable bonds is 4. The van der Waals surface area contributed by atoms with Gasteiger partial charge in [0, 0.05) is 6.54 Å². The second-order valence-corrected chi connectivity index (χ2v) is 2.79. The number of para-hydroxylation sites is 1. The second-order valence-electron chi connectivity index (χ2n) is 2.79. The van der Waals surface area contributed by atoms with Gasteiger partial charge in [0.2, 0.25) is 0 Å². The molecule has 0 amide bonds. The van der Waals surface area contributed by atoms with Crippen molar-refractivity contribution in [3.63, 3.8) is 0 Å². The van der Waals surface area contributed by atoms with Crippen LogP contribution in [0, 0.1) is 10.1 Å². The minimum atomic E-state index is -1.30. The first kappa shape index (κ1) is 11.0. The van der Waals surface area contributed by atoms with E-state index in [2.05, 4.69) is 5.32 Å². The molecular weight excluding hydrogens is 200 g/mol. The van der Waals surface area contributed by atoms with Crippen LogP contribution in [0.15, 0.2) is 18.2 Å². The Kier molecular flexibility index (Phi) is 3.22. The van der Waals surface area contributed by atoms with Gasteiger partial charge in [0.15, 0.2) is 0 Å². The van der Waals surface area contributed by atoms with Crippen LogP contribution in [0.25, 0.3) is 0 Å². The normalized spacial score (nSPS) is 9.67. The van der Waals surface area contributed by atoms with Crippen LogP contribution >= 0.6 is 0 Å². The summed E-state index contributed by atoms with van der Waals surface area (Å²) < 4.78 is 0. The van der Waals surface area contributed by atoms with Gasteiger partial charge in [0.1, 0.15) is 11.3 Å². The summed E-state index contributed by atoms with van der Waals surface area (Å²) in [6, 6.07) is 4.16. The zero-order chi connectivity index (χ0) is 11.4. The second kappa shape index (κ2) is 4.41. The molecule has 1 aromatic rings. The maximum absolute atomic E-state index is 10.8. The lowest BCUT2D eigenvalue weighted by molar-refractivity contribution is -0.384. The van der Waals surface area contributed by atoms with Crippen molar-refractivity contribution in [2.45, 2.75) is 6.92 Å². The monoisotopic (exact) mass is 210 g/mol. The van der Waals surface area contributed by atoms with Gasteiger partial charge in [0.05, 0.1) is 4.92 Å². The van der Waals surface area contributed by atoms with Crippen molar-refractivity contribution in [3.05, 3.63) is 33.9 Å². The van der Waals surface area contributed by atoms with Crippen LogP contribution in [0.4, 0.5) is 11.4 Å². The molecule has 0 saturated carbocycles. The molecule has 2 N–H and O–H groups in total. The molecule has 6 heteroatoms. The van der Waals surface area contributed by atoms with Crippen molar-refractivity contribution in [3.8, 4) is 0 Å². The Morgan fingerprint density at radius 3 is 2.73 bits per heavy atom. The SMILES string of the molecule is CCNc1cccc(C(=O)O)c1[N+](=O)[O-]. The van der Waals surface area contributed by atoms with E-state index in [9.17, 15) is 14.9 Å². The number of carbonyl (C=O) groups is 1. The van der Waals surface area contributed by atoms with Gasteiger partial charge in [-0.2, -0.15) is 0 Å². The van der Waals surface area contributed by atoms with Crippen LogP contribution in [-0.4, -0.2) is 22.5 Å². The number of nitro benzene ring substituents is 1. The van der Waals surface area contributed by atoms with E-state index in [0.717, 1.165) is 0 Å². The first-order valence-electron chi connectivity index (χ1n) is 4.32. The Morgan fingerprint density at radius 2 is 2.27 bits per heavy atom. The molecule has 0 unspecified atom stereocenters. The predicted molar refractivity (Wildman–Crippen MR) is 54.2 cm³/mol. The summed E-state index contributed by atoms with van der Waals surface area (Å²) in [5.74, 6) is -1.30. The average Bonchev–Trinajstić information content (AvgIpc) is 2.17. The summed E-state index contributed by atoms with van der Waals surface area (Å²) in [5, 5.41) is 22.2. The average molecular weight is 210 g/mol. The third-order valence-corrected chi connectivity index (χ3v) is 1.82. The number of nitrogens with one attached hydrogen (secondary N) is 1. The van der Waals surface area contributed by atoms with Crippen LogP contribution in [-0.2, 0) is 0 Å². The van der Waals surface area contributed by atoms with E-state index >= 15 is 0 Å². The molecule has 0 saturated heterocycles. The maximum Gasteiger partial charge on any atom is 0.342 e. The van der Waals surface area contributed by atoms with E-state index in [4.69, 9.17) is 5.11 Å². The maximum atomic E-state index is 10.8. The molecule has 6 nitrogen and oxygen atoms in total. The van der Waals surface area contributed by atoms with Crippen molar-refractivity contribution < 1.29 is 14.8 Å². The van der Waals surface area contributed by atoms with E-state index < -0.39 is 16.6 Å². The molecule has 1 aromatic carbocycles. The Labute approximate surface area is 85.7 Å². The minimum absolute atomic E-state index is 0.224. The van der Waals surface area contributed by atoms with E-state index in [1.165, 1.54) is 18.2 Å². The van der Waals surface area contributed by atoms with Crippen molar-refractivity contribution in [1.82, 2.24) is 0 Å². The van der Waals surface area contributed by atoms with Crippen molar-refractivity contribution in [2.75, 3.05) is 11.9 Å². The number of carboxylic acid groups (broad SMARTS) is 1. The summed E-state index contributed by atoms with van der Waals surface area (Å²) in [7, 11) is 0. The highest BCUT2D eigenvalue weighted by Gasteiger charge is 2.23. The number of benzene rings is 1. The quantitative estimate of drug-likeness (QED) is 0.583. The summed E-state index contributed by atoms with van der Waals surface area (Å²) in [6.07, 6.45) is 0. The van der Waals surface area contributed by atoms with Crippen molar-refractivity contribution in [2.24, 2.45) is 0 Å². The molecule has 0 aliphatic heterocycles. The third kappa shape index (κ3) is 2.22. The van der Waals surface area contributed by atoms with Gasteiger partial charge in [0.25, 0.3) is 0 Å². The first-order chi connectivity index (χ1) is 7.07. The zero-order valence-corrected chi connectivity index (χ0v) is 8.06. The standard InChI is InChI=1S/C9H10N2O4/c1-2-10-7-5-3-4-6(9(12)13)8(7)11(14)15/h3-5,10H,2H2,1H3,(H,12,13). The van der Waals surface area contributed by atoms with E-state index in [0.29, 0.717) is 6.54 Å². The molecule has 80 valence electrons. The van der Waals surface area contributed by atoms with E-state index in [1.807, 2.05) is 0 Å². The predicted octanol–water partition coefficient (Wildman–Crippen LogP) is 1.72. The largest absolute Gasteiger partial charge is 0.477 e. The summed E-state index contributed by atoms with van der Waals surface area (Å²) in [5.41, 5.74) is -0.479. The summed E-state index contributed by atoms with van der Waals surface area (Å²) in [6.45, 7) is 2.26. The van der Waals surface area contributed by atoms with E-state index in [1.54, 1.807) is 6.92 Å². The number of nitrogens with zero attached hydrogens (tertiary/aromatic N) is 1. The van der Waals surface area contributed by atoms with E-state index in [-0.39, 0.29) is 11.3 Å². The number of hydrogen-bond acceptors (Lipinski definition) is 4. The molecule has 0 spiro atoms. The molecule has 0 bridgehead atoms. The molecular formula is C9H10N2O4. The molecule has 0 radical (unpaired) electrons. The van der Waals surface area contributed by atoms with Gasteiger partial charge in [-0.25, -0.2) is 4.79 Å². The lowest BCUT2D eigenvalue weighted by Gasteiger charge is -2.05. The summed E-state index contributed by atoms with van der Waals surface area (Å²) in [4.78, 5) is 20.8. The van der Waals surface area contributed by atoms with Crippen LogP contribution in [0.3, 0.4) is 0 Å². The topological polar surface area (TPSA) is 92.5 Å². The van der Waals surface area contributed by atoms with Gasteiger partial charge in [-0.05, 0) is 19.1 Å². The highest BCUT2D eigenvalue weighted by atomic mass is 16.6. The first-order valence-corrected chi connectivity index (χ1v) is 4.32. The zero-order valence-electron chi connectivity index (χ0n) is 8.06. The Bertz CT molecular complexity index is 403. The Hall–Kier alpha value is -2.11. The van der Waals surface area contributed by atoms with Crippen molar-refractivity contribution >= 4 is 17.3 Å². The fraction of sp³-hybridized carbons (Fsp3) is 0.222. The number of nitro groups is 1. The molecule has 0 aromatic heterocycles. The fourth-order valence-corrected chi connectivity index (χ4v) is 1.25. The lowest BCUT2D eigenvalue weighted by Crippen LogP contribution is -2.07. The third-order valence-electron chi connectivity index (χ3n) is 1.82. The number of carboxylic acids is 1. The summed E-state index contributed by atoms with van der Waals surface area (Å²) >= 11 is 0. The number of aromatic carboxylic acids is 1. The smallest absolute Gasteiger partial charge is 0.342 e. The van der Waals surface area contributed by atoms with Gasteiger partial charge in [-0.1, -0.05) is 6.07 Å². The van der Waals surface area contributed by atoms with Crippen LogP contribution < -0.4 is 5.32 Å². The minimum Gasteiger partial charge on any atom is -0.477 e. The highest BCUT2D eigenvalue weighted by Crippen LogP contribution is 2.28. The van der Waals surface area contributed by atoms with Gasteiger partial charge >= 0.3 is 11.7 Å². The Balaban J connectivity index is 3.34. The van der Waals surface area contributed by atoms with Crippen LogP contribution in [0.2, 0.25) is 0 Å². The molecule has 0 heterocycles. The Morgan fingerprint density at radius 1 is 1.60 bits per heavy atom. The van der Waals surface area contributed by atoms with Crippen molar-refractivity contribution in [1.29, 1.82) is 0 Å². The number of anilines is 1. The fourth-order valence-electron chi connectivity index (χ4n) is 1.25. The highest BCUT2D eigenvalue weighted by molar-refractivity contribution is 5.95. The van der Waals surface area contributed by atoms with Gasteiger partial charge in [-0.15, -0.1) is 0 Å². The lowest BCUT2D eigenvalue weighted by atomic mass is 10.1. The van der Waals surface area contributed by atoms with Crippen LogP contribution in [0.1, 0.15) is 17.3 Å². The molecule has 0 aliphatic carbocycles. The molecule has 0 aliphatic rings. The van der Waals surface area contributed by atoms with Gasteiger partial charge < -0.3 is 10.4 Å². The molecule has 0 atom stereocenters. The molecule has 0 fully saturated rings. The molecule has 1 rings (SSSR count). The van der Waals surface area contributed by atoms with Crippen LogP contribution in [0.5, 0.6) is 0 Å². The van der Waals surface area contributed by atoms with Gasteiger partial charge in [-0.3, -0.25) is 10.1 Å². The number of hydrogen-bond donors (Lipinski definition) is 2. The molecule has 15 heavy (non-hydrogen) atoms.